The van der Waals surface area contributed by atoms with Gasteiger partial charge in [-0.3, -0.25) is 0 Å². The molecule has 0 atom stereocenters. The number of hydrogen-bond donors (Lipinski definition) is 1. The van der Waals surface area contributed by atoms with Crippen LogP contribution in [0.25, 0.3) is 21.9 Å². The Bertz CT molecular complexity index is 1060. The molecule has 3 aromatic rings. The van der Waals surface area contributed by atoms with Crippen molar-refractivity contribution in [3.63, 3.8) is 0 Å². The lowest BCUT2D eigenvalue weighted by Crippen LogP contribution is -2.24. The molecule has 0 aromatic heterocycles. The molecule has 32 heavy (non-hydrogen) atoms. The second-order valence-electron chi connectivity index (χ2n) is 7.84. The molecule has 6 nitrogen and oxygen atoms in total. The van der Waals surface area contributed by atoms with Gasteiger partial charge in [0.1, 0.15) is 17.6 Å². The molecular formula is C26H29NO5. The number of fused-ring (bicyclic) bond motifs is 1. The zero-order chi connectivity index (χ0) is 22.3. The van der Waals surface area contributed by atoms with Gasteiger partial charge in [0.05, 0.1) is 13.7 Å². The van der Waals surface area contributed by atoms with Gasteiger partial charge in [0.2, 0.25) is 0 Å². The summed E-state index contributed by atoms with van der Waals surface area (Å²) in [6, 6.07) is 18.1. The van der Waals surface area contributed by atoms with Gasteiger partial charge in [0, 0.05) is 32.1 Å². The summed E-state index contributed by atoms with van der Waals surface area (Å²) in [5.74, 6) is 1.59. The lowest BCUT2D eigenvalue weighted by atomic mass is 9.92. The predicted octanol–water partition coefficient (Wildman–Crippen LogP) is 5.32. The smallest absolute Gasteiger partial charge is 0.407 e. The van der Waals surface area contributed by atoms with Crippen molar-refractivity contribution in [1.29, 1.82) is 0 Å². The summed E-state index contributed by atoms with van der Waals surface area (Å²) in [4.78, 5) is 12.2. The van der Waals surface area contributed by atoms with Crippen LogP contribution in [-0.2, 0) is 16.0 Å². The van der Waals surface area contributed by atoms with E-state index in [2.05, 4.69) is 17.4 Å². The van der Waals surface area contributed by atoms with Gasteiger partial charge in [-0.15, -0.1) is 0 Å². The molecule has 0 spiro atoms. The SMILES string of the molecule is COCCCOc1cc(CNC(=O)OC2CC2)c(-c2ccc(OC)cc2)c2ccccc12. The van der Waals surface area contributed by atoms with Gasteiger partial charge < -0.3 is 24.3 Å². The third-order valence-electron chi connectivity index (χ3n) is 5.44. The van der Waals surface area contributed by atoms with E-state index in [4.69, 9.17) is 18.9 Å². The summed E-state index contributed by atoms with van der Waals surface area (Å²) in [7, 11) is 3.34. The Morgan fingerprint density at radius 3 is 2.44 bits per heavy atom. The summed E-state index contributed by atoms with van der Waals surface area (Å²) >= 11 is 0. The zero-order valence-electron chi connectivity index (χ0n) is 18.6. The van der Waals surface area contributed by atoms with Crippen LogP contribution >= 0.6 is 0 Å². The number of hydrogen-bond acceptors (Lipinski definition) is 5. The molecule has 0 unspecified atom stereocenters. The average Bonchev–Trinajstić information content (AvgIpc) is 3.64. The number of carbonyl (C=O) groups is 1. The normalized spacial score (nSPS) is 13.1. The Kier molecular flexibility index (Phi) is 7.12. The van der Waals surface area contributed by atoms with E-state index < -0.39 is 0 Å². The molecule has 3 aromatic carbocycles. The van der Waals surface area contributed by atoms with Crippen LogP contribution in [0.1, 0.15) is 24.8 Å². The van der Waals surface area contributed by atoms with Gasteiger partial charge in [0.15, 0.2) is 0 Å². The number of nitrogens with one attached hydrogen (secondary N) is 1. The molecule has 168 valence electrons. The third kappa shape index (κ3) is 5.32. The van der Waals surface area contributed by atoms with Crippen LogP contribution in [-0.4, -0.2) is 39.6 Å². The maximum atomic E-state index is 12.2. The van der Waals surface area contributed by atoms with Crippen LogP contribution in [0, 0.1) is 0 Å². The van der Waals surface area contributed by atoms with Crippen LogP contribution < -0.4 is 14.8 Å². The van der Waals surface area contributed by atoms with E-state index in [-0.39, 0.29) is 12.2 Å². The first-order chi connectivity index (χ1) is 15.7. The van der Waals surface area contributed by atoms with E-state index in [1.807, 2.05) is 42.5 Å². The average molecular weight is 436 g/mol. The Hall–Kier alpha value is -3.25. The summed E-state index contributed by atoms with van der Waals surface area (Å²) in [6.45, 7) is 1.53. The van der Waals surface area contributed by atoms with Gasteiger partial charge in [-0.05, 0) is 53.1 Å². The molecule has 0 heterocycles. The number of rotatable bonds is 10. The second-order valence-corrected chi connectivity index (χ2v) is 7.84. The molecule has 1 aliphatic rings. The fourth-order valence-corrected chi connectivity index (χ4v) is 3.69. The van der Waals surface area contributed by atoms with Crippen molar-refractivity contribution in [2.75, 3.05) is 27.4 Å². The van der Waals surface area contributed by atoms with Crippen LogP contribution in [0.3, 0.4) is 0 Å². The molecule has 1 N–H and O–H groups in total. The van der Waals surface area contributed by atoms with Crippen molar-refractivity contribution in [2.45, 2.75) is 31.9 Å². The second kappa shape index (κ2) is 10.4. The fraction of sp³-hybridized carbons (Fsp3) is 0.346. The maximum absolute atomic E-state index is 12.2. The van der Waals surface area contributed by atoms with E-state index in [1.54, 1.807) is 14.2 Å². The van der Waals surface area contributed by atoms with Gasteiger partial charge in [-0.1, -0.05) is 36.4 Å². The van der Waals surface area contributed by atoms with Crippen molar-refractivity contribution in [2.24, 2.45) is 0 Å². The van der Waals surface area contributed by atoms with Gasteiger partial charge >= 0.3 is 6.09 Å². The van der Waals surface area contributed by atoms with Crippen molar-refractivity contribution < 1.29 is 23.7 Å². The van der Waals surface area contributed by atoms with E-state index in [0.29, 0.717) is 19.8 Å². The van der Waals surface area contributed by atoms with Gasteiger partial charge in [-0.25, -0.2) is 4.79 Å². The zero-order valence-corrected chi connectivity index (χ0v) is 18.6. The van der Waals surface area contributed by atoms with Crippen molar-refractivity contribution in [1.82, 2.24) is 5.32 Å². The Balaban J connectivity index is 1.71. The van der Waals surface area contributed by atoms with Crippen LogP contribution in [0.15, 0.2) is 54.6 Å². The minimum absolute atomic E-state index is 0.0624. The molecule has 1 saturated carbocycles. The molecule has 1 amide bonds. The number of carbonyl (C=O) groups excluding carboxylic acids is 1. The maximum Gasteiger partial charge on any atom is 0.407 e. The highest BCUT2D eigenvalue weighted by molar-refractivity contribution is 6.01. The molecule has 0 radical (unpaired) electrons. The number of amides is 1. The standard InChI is InChI=1S/C26H29NO5/c1-29-14-5-15-31-24-16-19(17-27-26(28)32-21-12-13-21)25(23-7-4-3-6-22(23)24)18-8-10-20(30-2)11-9-18/h3-4,6-11,16,21H,5,12-15,17H2,1-2H3,(H,27,28). The van der Waals surface area contributed by atoms with Crippen molar-refractivity contribution in [3.05, 3.63) is 60.2 Å². The number of methoxy groups -OCH3 is 2. The fourth-order valence-electron chi connectivity index (χ4n) is 3.69. The van der Waals surface area contributed by atoms with Crippen LogP contribution in [0.5, 0.6) is 11.5 Å². The Morgan fingerprint density at radius 1 is 1.00 bits per heavy atom. The molecule has 1 fully saturated rings. The molecule has 1 aliphatic carbocycles. The number of benzene rings is 3. The van der Waals surface area contributed by atoms with Crippen LogP contribution in [0.2, 0.25) is 0 Å². The Morgan fingerprint density at radius 2 is 1.75 bits per heavy atom. The van der Waals surface area contributed by atoms with Crippen LogP contribution in [0.4, 0.5) is 4.79 Å². The monoisotopic (exact) mass is 435 g/mol. The Labute approximate surface area is 188 Å². The van der Waals surface area contributed by atoms with E-state index in [1.165, 1.54) is 0 Å². The first-order valence-electron chi connectivity index (χ1n) is 10.9. The number of alkyl carbamates (subject to hydrolysis) is 1. The highest BCUT2D eigenvalue weighted by Crippen LogP contribution is 2.38. The van der Waals surface area contributed by atoms with Gasteiger partial charge in [-0.2, -0.15) is 0 Å². The summed E-state index contributed by atoms with van der Waals surface area (Å²) in [5.41, 5.74) is 3.06. The first-order valence-corrected chi connectivity index (χ1v) is 10.9. The van der Waals surface area contributed by atoms with E-state index >= 15 is 0 Å². The minimum Gasteiger partial charge on any atom is -0.497 e. The van der Waals surface area contributed by atoms with E-state index in [0.717, 1.165) is 58.2 Å². The van der Waals surface area contributed by atoms with Crippen molar-refractivity contribution >= 4 is 16.9 Å². The molecule has 6 heteroatoms. The third-order valence-corrected chi connectivity index (χ3v) is 5.44. The summed E-state index contributed by atoms with van der Waals surface area (Å²) in [6.07, 6.45) is 2.36. The lowest BCUT2D eigenvalue weighted by Gasteiger charge is -2.18. The quantitative estimate of drug-likeness (QED) is 0.437. The largest absolute Gasteiger partial charge is 0.497 e. The molecule has 0 aliphatic heterocycles. The number of ether oxygens (including phenoxy) is 4. The summed E-state index contributed by atoms with van der Waals surface area (Å²) in [5, 5.41) is 5.00. The van der Waals surface area contributed by atoms with E-state index in [9.17, 15) is 4.79 Å². The topological polar surface area (TPSA) is 66.0 Å². The predicted molar refractivity (Wildman–Crippen MR) is 124 cm³/mol. The summed E-state index contributed by atoms with van der Waals surface area (Å²) < 4.78 is 21.9. The first kappa shape index (κ1) is 22.0. The highest BCUT2D eigenvalue weighted by atomic mass is 16.6. The van der Waals surface area contributed by atoms with Gasteiger partial charge in [0.25, 0.3) is 0 Å². The van der Waals surface area contributed by atoms with Crippen molar-refractivity contribution in [3.8, 4) is 22.6 Å². The molecular weight excluding hydrogens is 406 g/mol. The molecule has 4 rings (SSSR count). The lowest BCUT2D eigenvalue weighted by molar-refractivity contribution is 0.138. The minimum atomic E-state index is -0.385. The molecule has 0 bridgehead atoms. The molecule has 0 saturated heterocycles. The highest BCUT2D eigenvalue weighted by Gasteiger charge is 2.26.